The van der Waals surface area contributed by atoms with Crippen molar-refractivity contribution in [2.45, 2.75) is 110 Å². The van der Waals surface area contributed by atoms with E-state index in [-0.39, 0.29) is 0 Å². The minimum absolute atomic E-state index is 0.584. The van der Waals surface area contributed by atoms with E-state index in [9.17, 15) is 0 Å². The number of hydrogen-bond acceptors (Lipinski definition) is 1. The van der Waals surface area contributed by atoms with Crippen LogP contribution in [0.4, 0.5) is 0 Å². The fourth-order valence-electron chi connectivity index (χ4n) is 6.44. The van der Waals surface area contributed by atoms with Gasteiger partial charge < -0.3 is 4.74 Å². The highest BCUT2D eigenvalue weighted by atomic mass is 16.5. The maximum Gasteiger partial charge on any atom is 0.0577 e. The van der Waals surface area contributed by atoms with Gasteiger partial charge in [0.2, 0.25) is 0 Å². The predicted molar refractivity (Wildman–Crippen MR) is 103 cm³/mol. The van der Waals surface area contributed by atoms with Gasteiger partial charge in [0, 0.05) is 6.61 Å². The van der Waals surface area contributed by atoms with E-state index in [4.69, 9.17) is 4.74 Å². The summed E-state index contributed by atoms with van der Waals surface area (Å²) in [4.78, 5) is 0. The second-order valence-corrected chi connectivity index (χ2v) is 9.25. The molecule has 0 unspecified atom stereocenters. The molecule has 3 fully saturated rings. The van der Waals surface area contributed by atoms with Crippen LogP contribution in [-0.4, -0.2) is 12.7 Å². The Morgan fingerprint density at radius 2 is 1.25 bits per heavy atom. The van der Waals surface area contributed by atoms with Crippen LogP contribution in [0.1, 0.15) is 104 Å². The molecule has 3 aliphatic rings. The summed E-state index contributed by atoms with van der Waals surface area (Å²) in [7, 11) is 0. The van der Waals surface area contributed by atoms with Crippen LogP contribution >= 0.6 is 0 Å². The van der Waals surface area contributed by atoms with E-state index < -0.39 is 0 Å². The number of rotatable bonds is 6. The van der Waals surface area contributed by atoms with Crippen molar-refractivity contribution in [3.05, 3.63) is 0 Å². The summed E-state index contributed by atoms with van der Waals surface area (Å²) in [5.41, 5.74) is 0. The van der Waals surface area contributed by atoms with Crippen molar-refractivity contribution < 1.29 is 4.74 Å². The average molecular weight is 335 g/mol. The van der Waals surface area contributed by atoms with Crippen LogP contribution in [0, 0.1) is 29.6 Å². The highest BCUT2D eigenvalue weighted by molar-refractivity contribution is 4.86. The molecule has 0 spiro atoms. The van der Waals surface area contributed by atoms with Crippen molar-refractivity contribution in [1.82, 2.24) is 0 Å². The third-order valence-corrected chi connectivity index (χ3v) is 7.81. The van der Waals surface area contributed by atoms with Crippen molar-refractivity contribution in [2.75, 3.05) is 6.61 Å². The average Bonchev–Trinajstić information content (AvgIpc) is 2.63. The van der Waals surface area contributed by atoms with E-state index in [2.05, 4.69) is 13.8 Å². The fourth-order valence-corrected chi connectivity index (χ4v) is 6.44. The summed E-state index contributed by atoms with van der Waals surface area (Å²) in [6.45, 7) is 5.42. The molecule has 0 aliphatic heterocycles. The van der Waals surface area contributed by atoms with E-state index in [0.717, 1.165) is 36.2 Å². The smallest absolute Gasteiger partial charge is 0.0577 e. The molecule has 0 heterocycles. The SMILES string of the molecule is CCC[C@H]1CC[C@H](C2CCC([C@H]3CCC[C@@H](OCC)C3)CC2)CC1. The quantitative estimate of drug-likeness (QED) is 0.508. The Morgan fingerprint density at radius 1 is 0.667 bits per heavy atom. The van der Waals surface area contributed by atoms with Gasteiger partial charge in [-0.2, -0.15) is 0 Å². The summed E-state index contributed by atoms with van der Waals surface area (Å²) in [5.74, 6) is 5.24. The Morgan fingerprint density at radius 3 is 1.83 bits per heavy atom. The van der Waals surface area contributed by atoms with E-state index >= 15 is 0 Å². The molecule has 0 radical (unpaired) electrons. The van der Waals surface area contributed by atoms with Crippen LogP contribution < -0.4 is 0 Å². The summed E-state index contributed by atoms with van der Waals surface area (Å²) >= 11 is 0. The molecule has 0 amide bonds. The van der Waals surface area contributed by atoms with Crippen molar-refractivity contribution in [3.8, 4) is 0 Å². The standard InChI is InChI=1S/C23H42O/c1-3-6-18-9-11-19(12-10-18)20-13-15-21(16-14-20)22-7-5-8-23(17-22)24-4-2/h18-23H,3-17H2,1-2H3/t18-,19-,20?,21?,22-,23+/m0/s1. The lowest BCUT2D eigenvalue weighted by molar-refractivity contribution is 0.00186. The van der Waals surface area contributed by atoms with Crippen molar-refractivity contribution in [3.63, 3.8) is 0 Å². The van der Waals surface area contributed by atoms with Crippen LogP contribution in [0.15, 0.2) is 0 Å². The Bertz CT molecular complexity index is 334. The zero-order chi connectivity index (χ0) is 16.8. The molecular weight excluding hydrogens is 292 g/mol. The second kappa shape index (κ2) is 9.60. The van der Waals surface area contributed by atoms with Gasteiger partial charge in [-0.15, -0.1) is 0 Å². The first-order chi connectivity index (χ1) is 11.8. The van der Waals surface area contributed by atoms with Crippen LogP contribution in [0.3, 0.4) is 0 Å². The molecule has 1 nitrogen and oxygen atoms in total. The number of ether oxygens (including phenoxy) is 1. The summed E-state index contributed by atoms with van der Waals surface area (Å²) in [5, 5.41) is 0. The topological polar surface area (TPSA) is 9.23 Å². The molecular formula is C23H42O. The predicted octanol–water partition coefficient (Wildman–Crippen LogP) is 6.99. The Balaban J connectivity index is 1.39. The van der Waals surface area contributed by atoms with Gasteiger partial charge in [-0.25, -0.2) is 0 Å². The first kappa shape index (κ1) is 18.7. The first-order valence-corrected chi connectivity index (χ1v) is 11.4. The monoisotopic (exact) mass is 334 g/mol. The van der Waals surface area contributed by atoms with Crippen molar-refractivity contribution in [2.24, 2.45) is 29.6 Å². The highest BCUT2D eigenvalue weighted by Crippen LogP contribution is 2.45. The molecule has 0 bridgehead atoms. The molecule has 3 aliphatic carbocycles. The molecule has 2 atom stereocenters. The van der Waals surface area contributed by atoms with Gasteiger partial charge in [0.25, 0.3) is 0 Å². The molecule has 0 aromatic heterocycles. The zero-order valence-electron chi connectivity index (χ0n) is 16.5. The Hall–Kier alpha value is -0.0400. The van der Waals surface area contributed by atoms with Crippen LogP contribution in [-0.2, 0) is 4.74 Å². The molecule has 140 valence electrons. The fraction of sp³-hybridized carbons (Fsp3) is 1.00. The van der Waals surface area contributed by atoms with E-state index in [1.54, 1.807) is 25.7 Å². The summed E-state index contributed by atoms with van der Waals surface area (Å²) in [6.07, 6.45) is 21.4. The molecule has 3 rings (SSSR count). The Labute approximate surface area is 151 Å². The number of hydrogen-bond donors (Lipinski definition) is 0. The minimum Gasteiger partial charge on any atom is -0.378 e. The maximum absolute atomic E-state index is 5.95. The van der Waals surface area contributed by atoms with E-state index in [1.807, 2.05) is 0 Å². The van der Waals surface area contributed by atoms with Crippen LogP contribution in [0.25, 0.3) is 0 Å². The van der Waals surface area contributed by atoms with Gasteiger partial charge in [0.1, 0.15) is 0 Å². The van der Waals surface area contributed by atoms with Gasteiger partial charge in [0.05, 0.1) is 6.10 Å². The van der Waals surface area contributed by atoms with Crippen molar-refractivity contribution in [1.29, 1.82) is 0 Å². The molecule has 1 heteroatoms. The molecule has 24 heavy (non-hydrogen) atoms. The normalized spacial score (nSPS) is 41.2. The van der Waals surface area contributed by atoms with Gasteiger partial charge in [0.15, 0.2) is 0 Å². The lowest BCUT2D eigenvalue weighted by Gasteiger charge is -2.41. The third kappa shape index (κ3) is 4.99. The summed E-state index contributed by atoms with van der Waals surface area (Å²) in [6, 6.07) is 0. The van der Waals surface area contributed by atoms with Gasteiger partial charge in [-0.05, 0) is 94.3 Å². The minimum atomic E-state index is 0.584. The lowest BCUT2D eigenvalue weighted by atomic mass is 9.65. The Kier molecular flexibility index (Phi) is 7.50. The molecule has 0 N–H and O–H groups in total. The molecule has 3 saturated carbocycles. The first-order valence-electron chi connectivity index (χ1n) is 11.4. The van der Waals surface area contributed by atoms with E-state index in [1.165, 1.54) is 64.2 Å². The van der Waals surface area contributed by atoms with Crippen LogP contribution in [0.2, 0.25) is 0 Å². The molecule has 0 aromatic carbocycles. The maximum atomic E-state index is 5.95. The zero-order valence-corrected chi connectivity index (χ0v) is 16.5. The lowest BCUT2D eigenvalue weighted by Crippen LogP contribution is -2.32. The van der Waals surface area contributed by atoms with Crippen molar-refractivity contribution >= 4 is 0 Å². The van der Waals surface area contributed by atoms with Gasteiger partial charge >= 0.3 is 0 Å². The van der Waals surface area contributed by atoms with E-state index in [0.29, 0.717) is 6.10 Å². The third-order valence-electron chi connectivity index (χ3n) is 7.81. The second-order valence-electron chi connectivity index (χ2n) is 9.25. The highest BCUT2D eigenvalue weighted by Gasteiger charge is 2.35. The molecule has 0 aromatic rings. The van der Waals surface area contributed by atoms with Gasteiger partial charge in [-0.1, -0.05) is 39.0 Å². The molecule has 0 saturated heterocycles. The largest absolute Gasteiger partial charge is 0.378 e. The summed E-state index contributed by atoms with van der Waals surface area (Å²) < 4.78 is 5.95. The van der Waals surface area contributed by atoms with Crippen LogP contribution in [0.5, 0.6) is 0 Å². The van der Waals surface area contributed by atoms with Gasteiger partial charge in [-0.3, -0.25) is 0 Å².